The first-order chi connectivity index (χ1) is 10.3. The van der Waals surface area contributed by atoms with Crippen molar-refractivity contribution in [3.63, 3.8) is 0 Å². The van der Waals surface area contributed by atoms with Gasteiger partial charge in [-0.2, -0.15) is 9.36 Å². The van der Waals surface area contributed by atoms with Gasteiger partial charge in [-0.3, -0.25) is 0 Å². The van der Waals surface area contributed by atoms with E-state index in [-0.39, 0.29) is 0 Å². The minimum atomic E-state index is -0.559. The molecule has 2 N–H and O–H groups in total. The average Bonchev–Trinajstić information content (AvgIpc) is 3.03. The maximum atomic E-state index is 10.1. The third-order valence-corrected chi connectivity index (χ3v) is 4.16. The molecule has 0 saturated carbocycles. The van der Waals surface area contributed by atoms with Crippen LogP contribution in [-0.2, 0) is 0 Å². The van der Waals surface area contributed by atoms with Gasteiger partial charge in [0.25, 0.3) is 0 Å². The van der Waals surface area contributed by atoms with Crippen LogP contribution in [0.25, 0.3) is 0 Å². The third kappa shape index (κ3) is 3.59. The highest BCUT2D eigenvalue weighted by Gasteiger charge is 2.14. The molecule has 1 aromatic heterocycles. The number of aliphatic hydroxyl groups excluding tert-OH is 1. The van der Waals surface area contributed by atoms with Crippen LogP contribution in [0.3, 0.4) is 0 Å². The highest BCUT2D eigenvalue weighted by molar-refractivity contribution is 7.09. The molecule has 1 aliphatic rings. The minimum absolute atomic E-state index is 0.403. The van der Waals surface area contributed by atoms with Gasteiger partial charge in [0.15, 0.2) is 0 Å². The maximum absolute atomic E-state index is 10.1. The lowest BCUT2D eigenvalue weighted by molar-refractivity contribution is 0.191. The number of hydrogen-bond acceptors (Lipinski definition) is 6. The van der Waals surface area contributed by atoms with Crippen LogP contribution >= 0.6 is 11.5 Å². The first-order valence-electron chi connectivity index (χ1n) is 7.03. The molecule has 1 unspecified atom stereocenters. The molecule has 0 bridgehead atoms. The van der Waals surface area contributed by atoms with Crippen LogP contribution in [0.15, 0.2) is 42.5 Å². The zero-order valence-corrected chi connectivity index (χ0v) is 12.5. The molecule has 2 heterocycles. The summed E-state index contributed by atoms with van der Waals surface area (Å²) in [5, 5.41) is 14.1. The number of aromatic nitrogens is 2. The van der Waals surface area contributed by atoms with Gasteiger partial charge in [0, 0.05) is 31.2 Å². The maximum Gasteiger partial charge on any atom is 0.236 e. The van der Waals surface area contributed by atoms with Gasteiger partial charge in [0.1, 0.15) is 0 Å². The van der Waals surface area contributed by atoms with Gasteiger partial charge in [-0.25, -0.2) is 0 Å². The van der Waals surface area contributed by atoms with E-state index in [9.17, 15) is 5.11 Å². The molecule has 1 aromatic carbocycles. The summed E-state index contributed by atoms with van der Waals surface area (Å²) in [5.74, 6) is 0.583. The van der Waals surface area contributed by atoms with Crippen molar-refractivity contribution in [2.45, 2.75) is 12.5 Å². The lowest BCUT2D eigenvalue weighted by Crippen LogP contribution is -2.26. The molecule has 110 valence electrons. The lowest BCUT2D eigenvalue weighted by Gasteiger charge is -2.21. The number of anilines is 2. The quantitative estimate of drug-likeness (QED) is 0.831. The van der Waals surface area contributed by atoms with Gasteiger partial charge in [-0.1, -0.05) is 42.5 Å². The summed E-state index contributed by atoms with van der Waals surface area (Å²) in [4.78, 5) is 6.68. The molecule has 0 radical (unpaired) electrons. The fourth-order valence-electron chi connectivity index (χ4n) is 2.21. The molecule has 6 heteroatoms. The summed E-state index contributed by atoms with van der Waals surface area (Å²) in [6.45, 7) is 2.28. The highest BCUT2D eigenvalue weighted by atomic mass is 32.1. The molecule has 0 fully saturated rings. The smallest absolute Gasteiger partial charge is 0.236 e. The molecule has 5 nitrogen and oxygen atoms in total. The molecule has 0 spiro atoms. The molecule has 1 aliphatic heterocycles. The molecule has 21 heavy (non-hydrogen) atoms. The van der Waals surface area contributed by atoms with E-state index in [0.717, 1.165) is 30.2 Å². The Morgan fingerprint density at radius 3 is 2.90 bits per heavy atom. The monoisotopic (exact) mass is 302 g/mol. The summed E-state index contributed by atoms with van der Waals surface area (Å²) < 4.78 is 4.30. The van der Waals surface area contributed by atoms with Crippen molar-refractivity contribution in [2.24, 2.45) is 0 Å². The van der Waals surface area contributed by atoms with Crippen LogP contribution in [0.4, 0.5) is 11.1 Å². The molecular formula is C15H18N4OS. The average molecular weight is 302 g/mol. The van der Waals surface area contributed by atoms with Gasteiger partial charge < -0.3 is 15.3 Å². The summed E-state index contributed by atoms with van der Waals surface area (Å²) in [5.41, 5.74) is 0.890. The Hall–Kier alpha value is -1.92. The Bertz CT molecular complexity index is 599. The van der Waals surface area contributed by atoms with Gasteiger partial charge in [0.05, 0.1) is 6.10 Å². The Labute approximate surface area is 128 Å². The van der Waals surface area contributed by atoms with Crippen LogP contribution in [0.2, 0.25) is 0 Å². The lowest BCUT2D eigenvalue weighted by atomic mass is 10.1. The van der Waals surface area contributed by atoms with Crippen molar-refractivity contribution in [2.75, 3.05) is 29.9 Å². The van der Waals surface area contributed by atoms with Gasteiger partial charge in [0.2, 0.25) is 11.1 Å². The topological polar surface area (TPSA) is 61.3 Å². The normalized spacial score (nSPS) is 16.0. The molecule has 1 atom stereocenters. The van der Waals surface area contributed by atoms with Crippen molar-refractivity contribution >= 4 is 22.6 Å². The van der Waals surface area contributed by atoms with Gasteiger partial charge >= 0.3 is 0 Å². The highest BCUT2D eigenvalue weighted by Crippen LogP contribution is 2.22. The minimum Gasteiger partial charge on any atom is -0.387 e. The number of rotatable bonds is 5. The summed E-state index contributed by atoms with van der Waals surface area (Å²) in [6, 6.07) is 9.59. The molecule has 0 saturated heterocycles. The van der Waals surface area contributed by atoms with E-state index in [1.807, 2.05) is 30.3 Å². The van der Waals surface area contributed by atoms with E-state index >= 15 is 0 Å². The molecule has 0 aliphatic carbocycles. The second kappa shape index (κ2) is 6.69. The van der Waals surface area contributed by atoms with Gasteiger partial charge in [-0.15, -0.1) is 0 Å². The zero-order chi connectivity index (χ0) is 14.5. The third-order valence-electron chi connectivity index (χ3n) is 3.38. The van der Waals surface area contributed by atoms with E-state index in [1.165, 1.54) is 11.5 Å². The van der Waals surface area contributed by atoms with Crippen molar-refractivity contribution in [3.05, 3.63) is 48.0 Å². The second-order valence-corrected chi connectivity index (χ2v) is 5.64. The fraction of sp³-hybridized carbons (Fsp3) is 0.333. The number of aliphatic hydroxyl groups is 1. The van der Waals surface area contributed by atoms with E-state index in [0.29, 0.717) is 12.5 Å². The van der Waals surface area contributed by atoms with Crippen LogP contribution in [0.1, 0.15) is 18.1 Å². The van der Waals surface area contributed by atoms with Gasteiger partial charge in [-0.05, 0) is 12.0 Å². The summed E-state index contributed by atoms with van der Waals surface area (Å²) in [7, 11) is 0. The SMILES string of the molecule is OC(CNc1nsc(N2CC=CCC2)n1)c1ccccc1. The Kier molecular flexibility index (Phi) is 4.47. The van der Waals surface area contributed by atoms with Crippen molar-refractivity contribution in [1.29, 1.82) is 0 Å². The van der Waals surface area contributed by atoms with E-state index in [1.54, 1.807) is 0 Å². The largest absolute Gasteiger partial charge is 0.387 e. The number of hydrogen-bond donors (Lipinski definition) is 2. The Morgan fingerprint density at radius 2 is 2.14 bits per heavy atom. The molecule has 2 aromatic rings. The van der Waals surface area contributed by atoms with Crippen molar-refractivity contribution in [1.82, 2.24) is 9.36 Å². The van der Waals surface area contributed by atoms with Crippen LogP contribution < -0.4 is 10.2 Å². The Balaban J connectivity index is 1.56. The standard InChI is InChI=1S/C15H18N4OS/c20-13(12-7-3-1-4-8-12)11-16-14-17-15(21-18-14)19-9-5-2-6-10-19/h1-5,7-8,13,20H,6,9-11H2,(H,16,18). The predicted molar refractivity (Wildman–Crippen MR) is 85.8 cm³/mol. The second-order valence-electron chi connectivity index (χ2n) is 4.91. The number of nitrogens with one attached hydrogen (secondary N) is 1. The first-order valence-corrected chi connectivity index (χ1v) is 7.81. The van der Waals surface area contributed by atoms with Crippen molar-refractivity contribution in [3.8, 4) is 0 Å². The molecule has 0 amide bonds. The Morgan fingerprint density at radius 1 is 1.29 bits per heavy atom. The zero-order valence-electron chi connectivity index (χ0n) is 11.6. The number of nitrogens with zero attached hydrogens (tertiary/aromatic N) is 3. The molecule has 3 rings (SSSR count). The number of benzene rings is 1. The van der Waals surface area contributed by atoms with E-state index in [2.05, 4.69) is 31.7 Å². The van der Waals surface area contributed by atoms with Crippen LogP contribution in [-0.4, -0.2) is 34.1 Å². The van der Waals surface area contributed by atoms with Crippen LogP contribution in [0, 0.1) is 0 Å². The summed E-state index contributed by atoms with van der Waals surface area (Å²) in [6.07, 6.45) is 4.83. The van der Waals surface area contributed by atoms with Crippen LogP contribution in [0.5, 0.6) is 0 Å². The molecular weight excluding hydrogens is 284 g/mol. The first kappa shape index (κ1) is 14.0. The van der Waals surface area contributed by atoms with E-state index in [4.69, 9.17) is 0 Å². The van der Waals surface area contributed by atoms with Crippen molar-refractivity contribution < 1.29 is 5.11 Å². The van der Waals surface area contributed by atoms with E-state index < -0.39 is 6.10 Å². The predicted octanol–water partition coefficient (Wildman–Crippen LogP) is 2.45. The summed E-state index contributed by atoms with van der Waals surface area (Å²) >= 11 is 1.39. The fourth-order valence-corrected chi connectivity index (χ4v) is 2.89.